The first-order chi connectivity index (χ1) is 10.8. The van der Waals surface area contributed by atoms with E-state index < -0.39 is 0 Å². The predicted molar refractivity (Wildman–Crippen MR) is 81.1 cm³/mol. The molecule has 1 aliphatic heterocycles. The molecule has 116 valence electrons. The van der Waals surface area contributed by atoms with Crippen LogP contribution < -0.4 is 5.32 Å². The molecular weight excluding hydrogens is 280 g/mol. The van der Waals surface area contributed by atoms with E-state index in [9.17, 15) is 4.79 Å². The highest BCUT2D eigenvalue weighted by atomic mass is 16.5. The van der Waals surface area contributed by atoms with E-state index in [-0.39, 0.29) is 12.0 Å². The summed E-state index contributed by atoms with van der Waals surface area (Å²) >= 11 is 0. The van der Waals surface area contributed by atoms with Crippen molar-refractivity contribution in [2.45, 2.75) is 31.9 Å². The third kappa shape index (κ3) is 3.71. The van der Waals surface area contributed by atoms with Gasteiger partial charge in [0.25, 0.3) is 0 Å². The molecule has 0 fully saturated rings. The molecule has 1 aromatic carbocycles. The summed E-state index contributed by atoms with van der Waals surface area (Å²) in [5.74, 6) is 0.0479. The second-order valence-electron chi connectivity index (χ2n) is 5.37. The van der Waals surface area contributed by atoms with Crippen molar-refractivity contribution in [1.29, 1.82) is 0 Å². The van der Waals surface area contributed by atoms with E-state index >= 15 is 0 Å². The highest BCUT2D eigenvalue weighted by Gasteiger charge is 2.20. The summed E-state index contributed by atoms with van der Waals surface area (Å²) in [7, 11) is 0. The van der Waals surface area contributed by atoms with Crippen LogP contribution >= 0.6 is 0 Å². The van der Waals surface area contributed by atoms with Crippen LogP contribution in [-0.2, 0) is 22.5 Å². The van der Waals surface area contributed by atoms with Gasteiger partial charge in [-0.2, -0.15) is 5.10 Å². The standard InChI is InChI=1S/C16H20N4O2/c21-16(6-3-8-20-12-17-11-19-20)18-10-15-14-5-2-1-4-13(14)7-9-22-15/h1-2,4-5,11-12,15H,3,6-10H2,(H,18,21)/t15-/m0/s1. The van der Waals surface area contributed by atoms with Gasteiger partial charge in [-0.05, 0) is 24.0 Å². The number of carbonyl (C=O) groups excluding carboxylic acids is 1. The van der Waals surface area contributed by atoms with Crippen molar-refractivity contribution in [2.75, 3.05) is 13.2 Å². The van der Waals surface area contributed by atoms with Crippen molar-refractivity contribution < 1.29 is 9.53 Å². The van der Waals surface area contributed by atoms with Crippen LogP contribution in [0.5, 0.6) is 0 Å². The summed E-state index contributed by atoms with van der Waals surface area (Å²) < 4.78 is 7.51. The van der Waals surface area contributed by atoms with E-state index in [4.69, 9.17) is 4.74 Å². The molecule has 22 heavy (non-hydrogen) atoms. The maximum absolute atomic E-state index is 11.9. The summed E-state index contributed by atoms with van der Waals surface area (Å²) in [4.78, 5) is 15.8. The molecule has 2 heterocycles. The number of hydrogen-bond acceptors (Lipinski definition) is 4. The molecule has 3 rings (SSSR count). The van der Waals surface area contributed by atoms with Crippen molar-refractivity contribution in [1.82, 2.24) is 20.1 Å². The van der Waals surface area contributed by atoms with Crippen LogP contribution in [0.25, 0.3) is 0 Å². The van der Waals surface area contributed by atoms with Crippen molar-refractivity contribution in [3.8, 4) is 0 Å². The summed E-state index contributed by atoms with van der Waals surface area (Å²) in [6, 6.07) is 8.27. The Morgan fingerprint density at radius 3 is 3.18 bits per heavy atom. The van der Waals surface area contributed by atoms with Gasteiger partial charge < -0.3 is 10.1 Å². The lowest BCUT2D eigenvalue weighted by Crippen LogP contribution is -2.31. The Balaban J connectivity index is 1.43. The second-order valence-corrected chi connectivity index (χ2v) is 5.37. The number of nitrogens with one attached hydrogen (secondary N) is 1. The SMILES string of the molecule is O=C(CCCn1cncn1)NC[C@@H]1OCCc2ccccc21. The molecule has 0 spiro atoms. The zero-order valence-corrected chi connectivity index (χ0v) is 12.4. The lowest BCUT2D eigenvalue weighted by Gasteiger charge is -2.26. The Labute approximate surface area is 129 Å². The zero-order chi connectivity index (χ0) is 15.2. The highest BCUT2D eigenvalue weighted by molar-refractivity contribution is 5.75. The van der Waals surface area contributed by atoms with Crippen LogP contribution in [0, 0.1) is 0 Å². The fourth-order valence-electron chi connectivity index (χ4n) is 2.69. The molecule has 2 aromatic rings. The van der Waals surface area contributed by atoms with Crippen molar-refractivity contribution >= 4 is 5.91 Å². The van der Waals surface area contributed by atoms with Crippen molar-refractivity contribution in [3.05, 3.63) is 48.0 Å². The van der Waals surface area contributed by atoms with Crippen LogP contribution in [0.2, 0.25) is 0 Å². The number of fused-ring (bicyclic) bond motifs is 1. The third-order valence-electron chi connectivity index (χ3n) is 3.83. The van der Waals surface area contributed by atoms with Gasteiger partial charge in [0.05, 0.1) is 6.61 Å². The number of amides is 1. The largest absolute Gasteiger partial charge is 0.371 e. The van der Waals surface area contributed by atoms with Crippen LogP contribution in [-0.4, -0.2) is 33.8 Å². The van der Waals surface area contributed by atoms with E-state index in [1.807, 2.05) is 12.1 Å². The number of rotatable bonds is 6. The molecule has 0 saturated carbocycles. The van der Waals surface area contributed by atoms with Crippen LogP contribution in [0.15, 0.2) is 36.9 Å². The first-order valence-electron chi connectivity index (χ1n) is 7.61. The Morgan fingerprint density at radius 1 is 1.41 bits per heavy atom. The van der Waals surface area contributed by atoms with Crippen LogP contribution in [0.1, 0.15) is 30.1 Å². The summed E-state index contributed by atoms with van der Waals surface area (Å²) in [6.45, 7) is 1.94. The van der Waals surface area contributed by atoms with Crippen LogP contribution in [0.3, 0.4) is 0 Å². The number of nitrogens with zero attached hydrogens (tertiary/aromatic N) is 3. The molecule has 0 unspecified atom stereocenters. The van der Waals surface area contributed by atoms with Crippen LogP contribution in [0.4, 0.5) is 0 Å². The van der Waals surface area contributed by atoms with Gasteiger partial charge in [-0.15, -0.1) is 0 Å². The van der Waals surface area contributed by atoms with Gasteiger partial charge in [-0.3, -0.25) is 9.48 Å². The summed E-state index contributed by atoms with van der Waals surface area (Å²) in [5.41, 5.74) is 2.51. The minimum atomic E-state index is -0.0378. The third-order valence-corrected chi connectivity index (χ3v) is 3.83. The van der Waals surface area contributed by atoms with Gasteiger partial charge >= 0.3 is 0 Å². The molecule has 6 nitrogen and oxygen atoms in total. The molecule has 0 aliphatic carbocycles. The minimum Gasteiger partial charge on any atom is -0.371 e. The molecule has 6 heteroatoms. The van der Waals surface area contributed by atoms with Crippen molar-refractivity contribution in [2.24, 2.45) is 0 Å². The smallest absolute Gasteiger partial charge is 0.220 e. The average Bonchev–Trinajstić information content (AvgIpc) is 3.06. The van der Waals surface area contributed by atoms with E-state index in [1.165, 1.54) is 17.5 Å². The topological polar surface area (TPSA) is 69.0 Å². The van der Waals surface area contributed by atoms with E-state index in [0.717, 1.165) is 12.8 Å². The van der Waals surface area contributed by atoms with E-state index in [0.29, 0.717) is 26.1 Å². The van der Waals surface area contributed by atoms with Gasteiger partial charge in [-0.25, -0.2) is 4.98 Å². The lowest BCUT2D eigenvalue weighted by atomic mass is 9.97. The molecule has 1 aliphatic rings. The van der Waals surface area contributed by atoms with Gasteiger partial charge in [0.1, 0.15) is 18.8 Å². The van der Waals surface area contributed by atoms with Gasteiger partial charge in [-0.1, -0.05) is 24.3 Å². The highest BCUT2D eigenvalue weighted by Crippen LogP contribution is 2.26. The minimum absolute atomic E-state index is 0.0378. The Kier molecular flexibility index (Phi) is 4.80. The molecule has 0 saturated heterocycles. The Hall–Kier alpha value is -2.21. The first-order valence-corrected chi connectivity index (χ1v) is 7.61. The molecular formula is C16H20N4O2. The number of ether oxygens (including phenoxy) is 1. The molecule has 1 N–H and O–H groups in total. The van der Waals surface area contributed by atoms with E-state index in [1.54, 1.807) is 11.0 Å². The number of aromatic nitrogens is 3. The summed E-state index contributed by atoms with van der Waals surface area (Å²) in [6.07, 6.45) is 5.29. The number of carbonyl (C=O) groups is 1. The quantitative estimate of drug-likeness (QED) is 0.877. The lowest BCUT2D eigenvalue weighted by molar-refractivity contribution is -0.122. The fourth-order valence-corrected chi connectivity index (χ4v) is 2.69. The van der Waals surface area contributed by atoms with Crippen molar-refractivity contribution in [3.63, 3.8) is 0 Å². The Morgan fingerprint density at radius 2 is 2.32 bits per heavy atom. The molecule has 1 amide bonds. The number of aryl methyl sites for hydroxylation is 1. The first kappa shape index (κ1) is 14.7. The molecule has 1 atom stereocenters. The average molecular weight is 300 g/mol. The van der Waals surface area contributed by atoms with E-state index in [2.05, 4.69) is 27.5 Å². The zero-order valence-electron chi connectivity index (χ0n) is 12.4. The molecule has 0 radical (unpaired) electrons. The molecule has 0 bridgehead atoms. The Bertz CT molecular complexity index is 612. The second kappa shape index (κ2) is 7.17. The monoisotopic (exact) mass is 300 g/mol. The van der Waals surface area contributed by atoms with Gasteiger partial charge in [0.2, 0.25) is 5.91 Å². The maximum Gasteiger partial charge on any atom is 0.220 e. The molecule has 1 aromatic heterocycles. The fraction of sp³-hybridized carbons (Fsp3) is 0.438. The maximum atomic E-state index is 11.9. The predicted octanol–water partition coefficient (Wildman–Crippen LogP) is 1.49. The number of hydrogen-bond donors (Lipinski definition) is 1. The van der Waals surface area contributed by atoms with Gasteiger partial charge in [0, 0.05) is 19.5 Å². The van der Waals surface area contributed by atoms with Gasteiger partial charge in [0.15, 0.2) is 0 Å². The normalized spacial score (nSPS) is 17.0. The summed E-state index contributed by atoms with van der Waals surface area (Å²) in [5, 5.41) is 6.98. The number of benzene rings is 1.